The molecule has 0 spiro atoms. The molecule has 154 valence electrons. The highest BCUT2D eigenvalue weighted by Gasteiger charge is 2.44. The van der Waals surface area contributed by atoms with Crippen molar-refractivity contribution in [2.75, 3.05) is 36.0 Å². The highest BCUT2D eigenvalue weighted by molar-refractivity contribution is 5.56. The summed E-state index contributed by atoms with van der Waals surface area (Å²) < 4.78 is 5.69. The lowest BCUT2D eigenvalue weighted by Crippen LogP contribution is -2.42. The number of ether oxygens (including phenoxy) is 1. The zero-order valence-corrected chi connectivity index (χ0v) is 17.2. The van der Waals surface area contributed by atoms with Gasteiger partial charge in [-0.2, -0.15) is 0 Å². The Kier molecular flexibility index (Phi) is 5.08. The summed E-state index contributed by atoms with van der Waals surface area (Å²) in [6.07, 6.45) is 5.21. The molecule has 3 heterocycles. The zero-order chi connectivity index (χ0) is 19.8. The molecule has 0 bridgehead atoms. The summed E-state index contributed by atoms with van der Waals surface area (Å²) in [6.45, 7) is 5.54. The highest BCUT2D eigenvalue weighted by Crippen LogP contribution is 2.44. The van der Waals surface area contributed by atoms with E-state index in [0.29, 0.717) is 12.6 Å². The molecule has 0 radical (unpaired) electrons. The molecule has 3 fully saturated rings. The van der Waals surface area contributed by atoms with Crippen molar-refractivity contribution < 1.29 is 4.74 Å². The summed E-state index contributed by atoms with van der Waals surface area (Å²) in [5, 5.41) is 0. The van der Waals surface area contributed by atoms with E-state index in [2.05, 4.69) is 58.1 Å². The number of H-pyrrole nitrogens is 1. The van der Waals surface area contributed by atoms with Gasteiger partial charge < -0.3 is 19.5 Å². The Labute approximate surface area is 172 Å². The second-order valence-electron chi connectivity index (χ2n) is 8.98. The number of hydrogen-bond donors (Lipinski definition) is 1. The Morgan fingerprint density at radius 2 is 2.00 bits per heavy atom. The number of hydrogen-bond acceptors (Lipinski definition) is 4. The van der Waals surface area contributed by atoms with E-state index in [1.165, 1.54) is 24.8 Å². The molecule has 1 aromatic heterocycles. The topological polar surface area (TPSA) is 48.6 Å². The van der Waals surface area contributed by atoms with Gasteiger partial charge in [0.2, 0.25) is 0 Å². The molecule has 5 nitrogen and oxygen atoms in total. The normalized spacial score (nSPS) is 29.3. The second kappa shape index (κ2) is 7.86. The third-order valence-corrected chi connectivity index (χ3v) is 7.06. The van der Waals surface area contributed by atoms with E-state index in [9.17, 15) is 4.79 Å². The third kappa shape index (κ3) is 3.80. The molecule has 2 saturated heterocycles. The number of nitrogens with one attached hydrogen (secondary N) is 1. The first-order valence-electron chi connectivity index (χ1n) is 11.1. The molecule has 1 unspecified atom stereocenters. The number of morpholine rings is 1. The van der Waals surface area contributed by atoms with Crippen LogP contribution in [0.15, 0.2) is 47.3 Å². The Hall–Kier alpha value is -2.27. The molecular weight excluding hydrogens is 362 g/mol. The SMILES string of the molecule is C[C@@H]1CN(c2cc(N3CC4CCC[C@H]4[C@H]3Cc3ccccc3)[nH]c(=O)c2)CCO1. The number of benzene rings is 1. The monoisotopic (exact) mass is 393 g/mol. The number of pyridine rings is 1. The van der Waals surface area contributed by atoms with Crippen molar-refractivity contribution in [3.63, 3.8) is 0 Å². The maximum Gasteiger partial charge on any atom is 0.251 e. The predicted molar refractivity (Wildman–Crippen MR) is 117 cm³/mol. The Bertz CT molecular complexity index is 896. The van der Waals surface area contributed by atoms with Crippen LogP contribution in [0.4, 0.5) is 11.5 Å². The molecule has 2 aliphatic heterocycles. The van der Waals surface area contributed by atoms with Crippen molar-refractivity contribution in [2.24, 2.45) is 11.8 Å². The van der Waals surface area contributed by atoms with Crippen LogP contribution >= 0.6 is 0 Å². The van der Waals surface area contributed by atoms with Crippen molar-refractivity contribution in [3.05, 3.63) is 58.4 Å². The van der Waals surface area contributed by atoms with Gasteiger partial charge >= 0.3 is 0 Å². The first-order chi connectivity index (χ1) is 14.2. The minimum Gasteiger partial charge on any atom is -0.375 e. The van der Waals surface area contributed by atoms with Crippen molar-refractivity contribution in [3.8, 4) is 0 Å². The quantitative estimate of drug-likeness (QED) is 0.864. The molecule has 5 rings (SSSR count). The van der Waals surface area contributed by atoms with Gasteiger partial charge in [0, 0.05) is 43.5 Å². The van der Waals surface area contributed by atoms with Gasteiger partial charge in [-0.15, -0.1) is 0 Å². The maximum atomic E-state index is 12.6. The molecule has 1 N–H and O–H groups in total. The lowest BCUT2D eigenvalue weighted by Gasteiger charge is -2.34. The van der Waals surface area contributed by atoms with Crippen LogP contribution in [0.25, 0.3) is 0 Å². The van der Waals surface area contributed by atoms with E-state index < -0.39 is 0 Å². The Morgan fingerprint density at radius 1 is 1.14 bits per heavy atom. The third-order valence-electron chi connectivity index (χ3n) is 7.06. The van der Waals surface area contributed by atoms with Crippen LogP contribution in [-0.2, 0) is 11.2 Å². The van der Waals surface area contributed by atoms with Gasteiger partial charge in [0.15, 0.2) is 0 Å². The largest absolute Gasteiger partial charge is 0.375 e. The second-order valence-corrected chi connectivity index (χ2v) is 8.98. The number of nitrogens with zero attached hydrogens (tertiary/aromatic N) is 2. The van der Waals surface area contributed by atoms with E-state index in [1.54, 1.807) is 6.07 Å². The number of aromatic nitrogens is 1. The minimum atomic E-state index is -0.00725. The van der Waals surface area contributed by atoms with Crippen molar-refractivity contribution >= 4 is 11.5 Å². The Morgan fingerprint density at radius 3 is 2.83 bits per heavy atom. The van der Waals surface area contributed by atoms with E-state index in [4.69, 9.17) is 4.74 Å². The van der Waals surface area contributed by atoms with Gasteiger partial charge in [0.25, 0.3) is 5.56 Å². The van der Waals surface area contributed by atoms with E-state index in [1.807, 2.05) is 0 Å². The lowest BCUT2D eigenvalue weighted by atomic mass is 9.90. The van der Waals surface area contributed by atoms with Crippen molar-refractivity contribution in [1.82, 2.24) is 4.98 Å². The van der Waals surface area contributed by atoms with Crippen LogP contribution in [0.2, 0.25) is 0 Å². The Balaban J connectivity index is 1.45. The van der Waals surface area contributed by atoms with E-state index >= 15 is 0 Å². The summed E-state index contributed by atoms with van der Waals surface area (Å²) in [4.78, 5) is 20.5. The van der Waals surface area contributed by atoms with Crippen LogP contribution in [-0.4, -0.2) is 43.4 Å². The highest BCUT2D eigenvalue weighted by atomic mass is 16.5. The average molecular weight is 394 g/mol. The molecule has 0 amide bonds. The number of anilines is 2. The summed E-state index contributed by atoms with van der Waals surface area (Å²) in [7, 11) is 0. The van der Waals surface area contributed by atoms with Gasteiger partial charge in [-0.05, 0) is 43.6 Å². The van der Waals surface area contributed by atoms with Gasteiger partial charge in [-0.1, -0.05) is 36.8 Å². The molecule has 5 heteroatoms. The van der Waals surface area contributed by atoms with E-state index in [-0.39, 0.29) is 11.7 Å². The molecular formula is C24H31N3O2. The first-order valence-corrected chi connectivity index (χ1v) is 11.1. The zero-order valence-electron chi connectivity index (χ0n) is 17.2. The number of fused-ring (bicyclic) bond motifs is 1. The van der Waals surface area contributed by atoms with Crippen LogP contribution in [0, 0.1) is 11.8 Å². The van der Waals surface area contributed by atoms with Crippen molar-refractivity contribution in [2.45, 2.75) is 44.8 Å². The maximum absolute atomic E-state index is 12.6. The molecule has 4 atom stereocenters. The van der Waals surface area contributed by atoms with Crippen LogP contribution in [0.3, 0.4) is 0 Å². The summed E-state index contributed by atoms with van der Waals surface area (Å²) in [6, 6.07) is 15.2. The van der Waals surface area contributed by atoms with Gasteiger partial charge in [0.1, 0.15) is 5.82 Å². The predicted octanol–water partition coefficient (Wildman–Crippen LogP) is 3.45. The fraction of sp³-hybridized carbons (Fsp3) is 0.542. The number of aromatic amines is 1. The fourth-order valence-electron chi connectivity index (χ4n) is 5.72. The smallest absolute Gasteiger partial charge is 0.251 e. The molecule has 1 saturated carbocycles. The molecule has 3 aliphatic rings. The van der Waals surface area contributed by atoms with Gasteiger partial charge in [-0.25, -0.2) is 0 Å². The molecule has 29 heavy (non-hydrogen) atoms. The fourth-order valence-corrected chi connectivity index (χ4v) is 5.72. The van der Waals surface area contributed by atoms with E-state index in [0.717, 1.165) is 49.4 Å². The average Bonchev–Trinajstić information content (AvgIpc) is 3.31. The van der Waals surface area contributed by atoms with Crippen molar-refractivity contribution in [1.29, 1.82) is 0 Å². The van der Waals surface area contributed by atoms with Crippen LogP contribution < -0.4 is 15.4 Å². The minimum absolute atomic E-state index is 0.00725. The molecule has 1 aromatic carbocycles. The van der Waals surface area contributed by atoms with Gasteiger partial charge in [0.05, 0.1) is 12.7 Å². The van der Waals surface area contributed by atoms with Gasteiger partial charge in [-0.3, -0.25) is 4.79 Å². The molecule has 1 aliphatic carbocycles. The van der Waals surface area contributed by atoms with Crippen LogP contribution in [0.1, 0.15) is 31.7 Å². The standard InChI is InChI=1S/C24H31N3O2/c1-17-15-26(10-11-29-17)20-13-23(25-24(28)14-20)27-16-19-8-5-9-21(19)22(27)12-18-6-3-2-4-7-18/h2-4,6-7,13-14,17,19,21-22H,5,8-12,15-16H2,1H3,(H,25,28)/t17-,19?,21-,22-/m1/s1. The summed E-state index contributed by atoms with van der Waals surface area (Å²) in [5.74, 6) is 2.46. The molecule has 2 aromatic rings. The summed E-state index contributed by atoms with van der Waals surface area (Å²) in [5.41, 5.74) is 2.40. The first kappa shape index (κ1) is 18.7. The summed E-state index contributed by atoms with van der Waals surface area (Å²) >= 11 is 0. The lowest BCUT2D eigenvalue weighted by molar-refractivity contribution is 0.0532. The van der Waals surface area contributed by atoms with Crippen LogP contribution in [0.5, 0.6) is 0 Å². The number of rotatable bonds is 4.